The van der Waals surface area contributed by atoms with E-state index in [0.29, 0.717) is 17.8 Å². The number of rotatable bonds is 3. The van der Waals surface area contributed by atoms with Crippen molar-refractivity contribution in [2.24, 2.45) is 0 Å². The van der Waals surface area contributed by atoms with Crippen molar-refractivity contribution in [1.82, 2.24) is 4.98 Å². The molecule has 1 unspecified atom stereocenters. The van der Waals surface area contributed by atoms with Gasteiger partial charge in [0.1, 0.15) is 5.82 Å². The van der Waals surface area contributed by atoms with Crippen LogP contribution >= 0.6 is 0 Å². The van der Waals surface area contributed by atoms with Gasteiger partial charge in [0.05, 0.1) is 22.6 Å². The summed E-state index contributed by atoms with van der Waals surface area (Å²) in [5, 5.41) is 0.899. The smallest absolute Gasteiger partial charge is 0.153 e. The number of hydrogen-bond donors (Lipinski definition) is 0. The number of aromatic nitrogens is 1. The third-order valence-electron chi connectivity index (χ3n) is 3.95. The summed E-state index contributed by atoms with van der Waals surface area (Å²) in [5.41, 5.74) is 1.28. The summed E-state index contributed by atoms with van der Waals surface area (Å²) < 4.78 is 23.3. The lowest BCUT2D eigenvalue weighted by molar-refractivity contribution is 0.112. The van der Waals surface area contributed by atoms with Crippen LogP contribution in [0.4, 0.5) is 5.82 Å². The second kappa shape index (κ2) is 5.11. The Morgan fingerprint density at radius 1 is 1.33 bits per heavy atom. The van der Waals surface area contributed by atoms with Gasteiger partial charge in [0.2, 0.25) is 0 Å². The van der Waals surface area contributed by atoms with Gasteiger partial charge < -0.3 is 4.90 Å². The molecule has 6 heteroatoms. The van der Waals surface area contributed by atoms with Crippen LogP contribution in [0, 0.1) is 0 Å². The summed E-state index contributed by atoms with van der Waals surface area (Å²) in [6.07, 6.45) is 1.35. The number of hydrogen-bond acceptors (Lipinski definition) is 5. The fraction of sp³-hybridized carbons (Fsp3) is 0.333. The number of anilines is 1. The van der Waals surface area contributed by atoms with Crippen molar-refractivity contribution in [3.05, 3.63) is 35.9 Å². The van der Waals surface area contributed by atoms with Crippen molar-refractivity contribution in [1.29, 1.82) is 0 Å². The zero-order valence-electron chi connectivity index (χ0n) is 11.7. The molecule has 1 fully saturated rings. The van der Waals surface area contributed by atoms with E-state index in [9.17, 15) is 13.2 Å². The molecule has 1 aliphatic heterocycles. The summed E-state index contributed by atoms with van der Waals surface area (Å²) in [6, 6.07) is 9.24. The highest BCUT2D eigenvalue weighted by Gasteiger charge is 2.32. The largest absolute Gasteiger partial charge is 0.355 e. The van der Waals surface area contributed by atoms with Gasteiger partial charge in [0.25, 0.3) is 0 Å². The lowest BCUT2D eigenvalue weighted by atomic mass is 10.1. The van der Waals surface area contributed by atoms with Crippen molar-refractivity contribution >= 4 is 32.8 Å². The molecule has 1 aromatic heterocycles. The Hall–Kier alpha value is -1.95. The minimum Gasteiger partial charge on any atom is -0.355 e. The number of aldehydes is 1. The first-order valence-corrected chi connectivity index (χ1v) is 8.60. The van der Waals surface area contributed by atoms with Crippen molar-refractivity contribution in [2.45, 2.75) is 12.5 Å². The molecule has 1 saturated heterocycles. The van der Waals surface area contributed by atoms with E-state index in [0.717, 1.165) is 17.2 Å². The molecule has 0 amide bonds. The Morgan fingerprint density at radius 3 is 2.76 bits per heavy atom. The van der Waals surface area contributed by atoms with E-state index < -0.39 is 9.84 Å². The molecule has 1 atom stereocenters. The third kappa shape index (κ3) is 2.63. The molecule has 0 radical (unpaired) electrons. The molecule has 5 nitrogen and oxygen atoms in total. The Morgan fingerprint density at radius 2 is 2.10 bits per heavy atom. The number of carbonyl (C=O) groups excluding carboxylic acids is 1. The Labute approximate surface area is 123 Å². The van der Waals surface area contributed by atoms with Gasteiger partial charge in [-0.25, -0.2) is 13.4 Å². The number of nitrogens with zero attached hydrogens (tertiary/aromatic N) is 2. The molecule has 1 aliphatic rings. The summed E-state index contributed by atoms with van der Waals surface area (Å²) in [5.74, 6) is 0.869. The second-order valence-corrected chi connectivity index (χ2v) is 7.61. The number of pyridine rings is 1. The summed E-state index contributed by atoms with van der Waals surface area (Å²) in [4.78, 5) is 17.7. The van der Waals surface area contributed by atoms with Crippen molar-refractivity contribution in [3.8, 4) is 0 Å². The van der Waals surface area contributed by atoms with Crippen LogP contribution < -0.4 is 4.90 Å². The van der Waals surface area contributed by atoms with Crippen LogP contribution in [0.25, 0.3) is 10.9 Å². The molecule has 0 aliphatic carbocycles. The number of benzene rings is 1. The second-order valence-electron chi connectivity index (χ2n) is 5.38. The zero-order valence-corrected chi connectivity index (χ0v) is 12.5. The molecule has 0 spiro atoms. The van der Waals surface area contributed by atoms with Gasteiger partial charge in [-0.05, 0) is 18.6 Å². The number of carbonyl (C=O) groups is 1. The normalized spacial score (nSPS) is 20.5. The molecule has 21 heavy (non-hydrogen) atoms. The molecule has 1 aromatic carbocycles. The van der Waals surface area contributed by atoms with Crippen molar-refractivity contribution in [2.75, 3.05) is 23.5 Å². The van der Waals surface area contributed by atoms with E-state index in [1.54, 1.807) is 13.1 Å². The predicted molar refractivity (Wildman–Crippen MR) is 82.6 cm³/mol. The monoisotopic (exact) mass is 304 g/mol. The van der Waals surface area contributed by atoms with E-state index in [1.165, 1.54) is 0 Å². The average molecular weight is 304 g/mol. The Kier molecular flexibility index (Phi) is 3.41. The highest BCUT2D eigenvalue weighted by Crippen LogP contribution is 2.26. The molecule has 2 aromatic rings. The molecule has 0 saturated carbocycles. The highest BCUT2D eigenvalue weighted by atomic mass is 32.2. The molecule has 0 bridgehead atoms. The fourth-order valence-corrected chi connectivity index (χ4v) is 4.52. The van der Waals surface area contributed by atoms with E-state index >= 15 is 0 Å². The van der Waals surface area contributed by atoms with E-state index in [-0.39, 0.29) is 17.5 Å². The van der Waals surface area contributed by atoms with E-state index in [4.69, 9.17) is 0 Å². The first kappa shape index (κ1) is 14.0. The predicted octanol–water partition coefficient (Wildman–Crippen LogP) is 1.67. The SMILES string of the molecule is CN(c1nc2ccccc2cc1C=O)C1CCS(=O)(=O)C1. The lowest BCUT2D eigenvalue weighted by Gasteiger charge is -2.26. The molecular weight excluding hydrogens is 288 g/mol. The van der Waals surface area contributed by atoms with E-state index in [2.05, 4.69) is 4.98 Å². The topological polar surface area (TPSA) is 67.3 Å². The number of sulfone groups is 1. The number of para-hydroxylation sites is 1. The molecule has 0 N–H and O–H groups in total. The third-order valence-corrected chi connectivity index (χ3v) is 5.70. The van der Waals surface area contributed by atoms with Crippen LogP contribution in [0.5, 0.6) is 0 Å². The van der Waals surface area contributed by atoms with Crippen LogP contribution in [-0.2, 0) is 9.84 Å². The minimum atomic E-state index is -2.97. The molecule has 2 heterocycles. The summed E-state index contributed by atoms with van der Waals surface area (Å²) in [6.45, 7) is 0. The van der Waals surface area contributed by atoms with Crippen LogP contribution in [-0.4, -0.2) is 44.3 Å². The van der Waals surface area contributed by atoms with Gasteiger partial charge in [-0.2, -0.15) is 0 Å². The molecule has 110 valence electrons. The number of fused-ring (bicyclic) bond motifs is 1. The maximum atomic E-state index is 11.6. The van der Waals surface area contributed by atoms with Crippen LogP contribution in [0.15, 0.2) is 30.3 Å². The van der Waals surface area contributed by atoms with Crippen LogP contribution in [0.2, 0.25) is 0 Å². The van der Waals surface area contributed by atoms with Gasteiger partial charge in [-0.3, -0.25) is 4.79 Å². The Balaban J connectivity index is 2.04. The van der Waals surface area contributed by atoms with Gasteiger partial charge >= 0.3 is 0 Å². The highest BCUT2D eigenvalue weighted by molar-refractivity contribution is 7.91. The van der Waals surface area contributed by atoms with Gasteiger partial charge in [0.15, 0.2) is 16.1 Å². The first-order valence-electron chi connectivity index (χ1n) is 6.78. The Bertz CT molecular complexity index is 802. The lowest BCUT2D eigenvalue weighted by Crippen LogP contribution is -2.34. The van der Waals surface area contributed by atoms with Gasteiger partial charge in [0, 0.05) is 18.5 Å². The molecular formula is C15H16N2O3S. The average Bonchev–Trinajstić information content (AvgIpc) is 2.85. The molecule has 3 rings (SSSR count). The van der Waals surface area contributed by atoms with E-state index in [1.807, 2.05) is 29.2 Å². The van der Waals surface area contributed by atoms with Gasteiger partial charge in [-0.15, -0.1) is 0 Å². The maximum Gasteiger partial charge on any atom is 0.153 e. The zero-order chi connectivity index (χ0) is 15.0. The van der Waals surface area contributed by atoms with Crippen molar-refractivity contribution < 1.29 is 13.2 Å². The quantitative estimate of drug-likeness (QED) is 0.807. The van der Waals surface area contributed by atoms with Crippen LogP contribution in [0.3, 0.4) is 0 Å². The maximum absolute atomic E-state index is 11.6. The fourth-order valence-electron chi connectivity index (χ4n) is 2.75. The standard InChI is InChI=1S/C15H16N2O3S/c1-17(13-6-7-21(19,20)10-13)15-12(9-18)8-11-4-2-3-5-14(11)16-15/h2-5,8-9,13H,6-7,10H2,1H3. The van der Waals surface area contributed by atoms with Crippen molar-refractivity contribution in [3.63, 3.8) is 0 Å². The van der Waals surface area contributed by atoms with Crippen LogP contribution in [0.1, 0.15) is 16.8 Å². The van der Waals surface area contributed by atoms with Gasteiger partial charge in [-0.1, -0.05) is 18.2 Å². The summed E-state index contributed by atoms with van der Waals surface area (Å²) in [7, 11) is -1.17. The minimum absolute atomic E-state index is 0.121. The first-order chi connectivity index (χ1) is 10.00. The summed E-state index contributed by atoms with van der Waals surface area (Å²) >= 11 is 0.